The Bertz CT molecular complexity index is 328. The highest BCUT2D eigenvalue weighted by Crippen LogP contribution is 2.41. The topological polar surface area (TPSA) is 32.3 Å². The predicted molar refractivity (Wildman–Crippen MR) is 116 cm³/mol. The SMILES string of the molecule is CCCCCCCCCCCCCCCCNC1(O)CCCCC1(C)C. The van der Waals surface area contributed by atoms with Gasteiger partial charge in [0.05, 0.1) is 0 Å². The van der Waals surface area contributed by atoms with Gasteiger partial charge in [-0.15, -0.1) is 0 Å². The van der Waals surface area contributed by atoms with Gasteiger partial charge in [0.25, 0.3) is 0 Å². The van der Waals surface area contributed by atoms with E-state index in [0.29, 0.717) is 0 Å². The molecule has 2 N–H and O–H groups in total. The van der Waals surface area contributed by atoms with Crippen LogP contribution in [-0.4, -0.2) is 17.4 Å². The third kappa shape index (κ3) is 9.74. The van der Waals surface area contributed by atoms with Crippen LogP contribution in [0.5, 0.6) is 0 Å². The number of aliphatic hydroxyl groups is 1. The van der Waals surface area contributed by atoms with Crippen LogP contribution >= 0.6 is 0 Å². The van der Waals surface area contributed by atoms with Crippen molar-refractivity contribution in [2.45, 2.75) is 142 Å². The van der Waals surface area contributed by atoms with Crippen LogP contribution in [0.4, 0.5) is 0 Å². The molecule has 0 aromatic carbocycles. The second kappa shape index (κ2) is 14.0. The lowest BCUT2D eigenvalue weighted by atomic mass is 9.70. The van der Waals surface area contributed by atoms with Gasteiger partial charge in [-0.3, -0.25) is 5.32 Å². The minimum Gasteiger partial charge on any atom is -0.375 e. The van der Waals surface area contributed by atoms with Gasteiger partial charge in [0.15, 0.2) is 0 Å². The molecule has 0 heterocycles. The number of rotatable bonds is 16. The van der Waals surface area contributed by atoms with Gasteiger partial charge in [-0.05, 0) is 32.2 Å². The first-order valence-corrected chi connectivity index (χ1v) is 12.0. The Hall–Kier alpha value is -0.0800. The van der Waals surface area contributed by atoms with Gasteiger partial charge in [0.1, 0.15) is 5.72 Å². The Morgan fingerprint density at radius 3 is 1.54 bits per heavy atom. The Balaban J connectivity index is 1.85. The monoisotopic (exact) mass is 367 g/mol. The molecular formula is C24H49NO. The average Bonchev–Trinajstić information content (AvgIpc) is 2.61. The third-order valence-corrected chi connectivity index (χ3v) is 6.66. The van der Waals surface area contributed by atoms with Crippen molar-refractivity contribution in [2.24, 2.45) is 5.41 Å². The summed E-state index contributed by atoms with van der Waals surface area (Å²) in [4.78, 5) is 0. The number of hydrogen-bond donors (Lipinski definition) is 2. The zero-order chi connectivity index (χ0) is 19.1. The molecule has 1 aliphatic carbocycles. The predicted octanol–water partition coefficient (Wildman–Crippen LogP) is 7.35. The van der Waals surface area contributed by atoms with Gasteiger partial charge in [-0.1, -0.05) is 111 Å². The lowest BCUT2D eigenvalue weighted by Crippen LogP contribution is -2.57. The van der Waals surface area contributed by atoms with Crippen molar-refractivity contribution >= 4 is 0 Å². The van der Waals surface area contributed by atoms with Gasteiger partial charge >= 0.3 is 0 Å². The van der Waals surface area contributed by atoms with Crippen LogP contribution < -0.4 is 5.32 Å². The lowest BCUT2D eigenvalue weighted by Gasteiger charge is -2.47. The highest BCUT2D eigenvalue weighted by atomic mass is 16.3. The molecule has 0 radical (unpaired) electrons. The van der Waals surface area contributed by atoms with E-state index in [1.807, 2.05) is 0 Å². The van der Waals surface area contributed by atoms with Gasteiger partial charge in [-0.25, -0.2) is 0 Å². The van der Waals surface area contributed by atoms with E-state index in [4.69, 9.17) is 0 Å². The number of nitrogens with one attached hydrogen (secondary N) is 1. The van der Waals surface area contributed by atoms with Crippen LogP contribution in [0.2, 0.25) is 0 Å². The van der Waals surface area contributed by atoms with E-state index < -0.39 is 5.72 Å². The molecule has 1 unspecified atom stereocenters. The average molecular weight is 368 g/mol. The Morgan fingerprint density at radius 1 is 0.654 bits per heavy atom. The molecule has 0 aromatic heterocycles. The second-order valence-electron chi connectivity index (χ2n) is 9.47. The van der Waals surface area contributed by atoms with E-state index in [1.165, 1.54) is 96.3 Å². The molecule has 1 rings (SSSR count). The standard InChI is InChI=1S/C24H49NO/c1-4-5-6-7-8-9-10-11-12-13-14-15-16-19-22-25-24(26)21-18-17-20-23(24,2)3/h25-26H,4-22H2,1-3H3. The van der Waals surface area contributed by atoms with Crippen molar-refractivity contribution < 1.29 is 5.11 Å². The van der Waals surface area contributed by atoms with E-state index in [1.54, 1.807) is 0 Å². The maximum absolute atomic E-state index is 10.9. The summed E-state index contributed by atoms with van der Waals surface area (Å²) in [6.07, 6.45) is 24.1. The fraction of sp³-hybridized carbons (Fsp3) is 1.00. The van der Waals surface area contributed by atoms with Gasteiger partial charge in [0.2, 0.25) is 0 Å². The van der Waals surface area contributed by atoms with Gasteiger partial charge < -0.3 is 5.11 Å². The van der Waals surface area contributed by atoms with Crippen molar-refractivity contribution in [3.8, 4) is 0 Å². The van der Waals surface area contributed by atoms with Crippen LogP contribution in [0.15, 0.2) is 0 Å². The van der Waals surface area contributed by atoms with Gasteiger partial charge in [0, 0.05) is 5.41 Å². The summed E-state index contributed by atoms with van der Waals surface area (Å²) in [5.74, 6) is 0. The van der Waals surface area contributed by atoms with Crippen LogP contribution in [0.1, 0.15) is 136 Å². The summed E-state index contributed by atoms with van der Waals surface area (Å²) in [6.45, 7) is 7.68. The van der Waals surface area contributed by atoms with E-state index in [2.05, 4.69) is 26.1 Å². The zero-order valence-electron chi connectivity index (χ0n) is 18.4. The lowest BCUT2D eigenvalue weighted by molar-refractivity contribution is -0.122. The van der Waals surface area contributed by atoms with E-state index >= 15 is 0 Å². The Labute approximate surface area is 164 Å². The molecular weight excluding hydrogens is 318 g/mol. The summed E-state index contributed by atoms with van der Waals surface area (Å²) in [7, 11) is 0. The zero-order valence-corrected chi connectivity index (χ0v) is 18.4. The minimum atomic E-state index is -0.637. The van der Waals surface area contributed by atoms with Gasteiger partial charge in [-0.2, -0.15) is 0 Å². The first-order chi connectivity index (χ1) is 12.5. The molecule has 0 bridgehead atoms. The summed E-state index contributed by atoms with van der Waals surface area (Å²) in [5, 5.41) is 14.4. The van der Waals surface area contributed by atoms with Crippen molar-refractivity contribution in [1.29, 1.82) is 0 Å². The number of unbranched alkanes of at least 4 members (excludes halogenated alkanes) is 13. The molecule has 2 heteroatoms. The molecule has 0 aliphatic heterocycles. The molecule has 0 amide bonds. The van der Waals surface area contributed by atoms with Crippen LogP contribution in [0, 0.1) is 5.41 Å². The van der Waals surface area contributed by atoms with E-state index in [-0.39, 0.29) is 5.41 Å². The normalized spacial score (nSPS) is 22.6. The summed E-state index contributed by atoms with van der Waals surface area (Å²) in [5.41, 5.74) is -0.622. The smallest absolute Gasteiger partial charge is 0.121 e. The summed E-state index contributed by atoms with van der Waals surface area (Å²) >= 11 is 0. The highest BCUT2D eigenvalue weighted by molar-refractivity contribution is 4.94. The molecule has 1 aliphatic rings. The third-order valence-electron chi connectivity index (χ3n) is 6.66. The quantitative estimate of drug-likeness (QED) is 0.221. The summed E-state index contributed by atoms with van der Waals surface area (Å²) in [6, 6.07) is 0. The van der Waals surface area contributed by atoms with Crippen LogP contribution in [-0.2, 0) is 0 Å². The van der Waals surface area contributed by atoms with E-state index in [0.717, 1.165) is 25.8 Å². The Kier molecular flexibility index (Phi) is 12.9. The maximum atomic E-state index is 10.9. The molecule has 1 saturated carbocycles. The molecule has 2 nitrogen and oxygen atoms in total. The van der Waals surface area contributed by atoms with Crippen LogP contribution in [0.3, 0.4) is 0 Å². The van der Waals surface area contributed by atoms with Crippen molar-refractivity contribution in [2.75, 3.05) is 6.54 Å². The first kappa shape index (κ1) is 24.0. The molecule has 0 saturated heterocycles. The molecule has 0 aromatic rings. The first-order valence-electron chi connectivity index (χ1n) is 12.0. The molecule has 26 heavy (non-hydrogen) atoms. The second-order valence-corrected chi connectivity index (χ2v) is 9.47. The minimum absolute atomic E-state index is 0.0151. The molecule has 156 valence electrons. The molecule has 0 spiro atoms. The number of hydrogen-bond acceptors (Lipinski definition) is 2. The summed E-state index contributed by atoms with van der Waals surface area (Å²) < 4.78 is 0. The van der Waals surface area contributed by atoms with E-state index in [9.17, 15) is 5.11 Å². The fourth-order valence-electron chi connectivity index (χ4n) is 4.44. The molecule has 1 atom stereocenters. The van der Waals surface area contributed by atoms with Crippen molar-refractivity contribution in [1.82, 2.24) is 5.32 Å². The highest BCUT2D eigenvalue weighted by Gasteiger charge is 2.44. The molecule has 1 fully saturated rings. The Morgan fingerprint density at radius 2 is 1.08 bits per heavy atom. The van der Waals surface area contributed by atoms with Crippen molar-refractivity contribution in [3.05, 3.63) is 0 Å². The largest absolute Gasteiger partial charge is 0.375 e. The maximum Gasteiger partial charge on any atom is 0.121 e. The van der Waals surface area contributed by atoms with Crippen molar-refractivity contribution in [3.63, 3.8) is 0 Å². The fourth-order valence-corrected chi connectivity index (χ4v) is 4.44. The van der Waals surface area contributed by atoms with Crippen LogP contribution in [0.25, 0.3) is 0 Å².